The van der Waals surface area contributed by atoms with Crippen molar-refractivity contribution in [1.29, 1.82) is 0 Å². The zero-order valence-corrected chi connectivity index (χ0v) is 27.8. The van der Waals surface area contributed by atoms with Crippen LogP contribution >= 0.6 is 0 Å². The highest BCUT2D eigenvalue weighted by Gasteiger charge is 2.46. The molecule has 4 atom stereocenters. The van der Waals surface area contributed by atoms with Gasteiger partial charge in [0.25, 0.3) is 0 Å². The zero-order valence-electron chi connectivity index (χ0n) is 26.8. The first-order valence-corrected chi connectivity index (χ1v) is 17.8. The Kier molecular flexibility index (Phi) is 10.8. The third-order valence-corrected chi connectivity index (χ3v) is 12.8. The van der Waals surface area contributed by atoms with Gasteiger partial charge in [0, 0.05) is 12.6 Å². The lowest BCUT2D eigenvalue weighted by molar-refractivity contribution is -0.164. The van der Waals surface area contributed by atoms with Gasteiger partial charge in [0.15, 0.2) is 8.32 Å². The fourth-order valence-corrected chi connectivity index (χ4v) is 6.21. The highest BCUT2D eigenvalue weighted by molar-refractivity contribution is 6.74. The largest absolute Gasteiger partial charge is 0.460 e. The third-order valence-electron chi connectivity index (χ3n) is 8.33. The Morgan fingerprint density at radius 3 is 1.68 bits per heavy atom. The number of carbonyl (C=O) groups is 1. The van der Waals surface area contributed by atoms with Gasteiger partial charge in [-0.3, -0.25) is 9.69 Å². The van der Waals surface area contributed by atoms with Crippen molar-refractivity contribution in [3.8, 4) is 0 Å². The average molecular weight is 574 g/mol. The van der Waals surface area contributed by atoms with Gasteiger partial charge in [-0.15, -0.1) is 0 Å². The van der Waals surface area contributed by atoms with E-state index in [1.807, 2.05) is 45.9 Å². The van der Waals surface area contributed by atoms with Crippen molar-refractivity contribution < 1.29 is 14.0 Å². The quantitative estimate of drug-likeness (QED) is 0.169. The van der Waals surface area contributed by atoms with Crippen molar-refractivity contribution in [3.63, 3.8) is 0 Å². The molecule has 4 nitrogen and oxygen atoms in total. The van der Waals surface area contributed by atoms with Crippen molar-refractivity contribution in [2.24, 2.45) is 5.92 Å². The standard InChI is InChI=1S/C36H51NO3Si/c1-27(34(38)39-35(3,4)5)32(33(31-24-18-13-19-25-31)40-41(9,10)36(6,7)8)37(26-29-20-14-11-15-21-29)28(2)30-22-16-12-17-23-30/h11-25,27-28,32-33H,26H2,1-10H3/t27-,28+,32-,33+/m1/s1. The predicted molar refractivity (Wildman–Crippen MR) is 173 cm³/mol. The normalized spacial score (nSPS) is 15.7. The van der Waals surface area contributed by atoms with Gasteiger partial charge in [0.1, 0.15) is 5.60 Å². The molecule has 0 spiro atoms. The predicted octanol–water partition coefficient (Wildman–Crippen LogP) is 9.36. The van der Waals surface area contributed by atoms with Crippen LogP contribution in [0.2, 0.25) is 18.1 Å². The number of esters is 1. The van der Waals surface area contributed by atoms with Crippen molar-refractivity contribution in [2.45, 2.75) is 104 Å². The molecule has 3 aromatic rings. The Hall–Kier alpha value is -2.73. The van der Waals surface area contributed by atoms with E-state index >= 15 is 0 Å². The van der Waals surface area contributed by atoms with E-state index < -0.39 is 19.8 Å². The minimum absolute atomic E-state index is 0.00492. The molecule has 0 bridgehead atoms. The first-order chi connectivity index (χ1) is 19.1. The molecule has 0 amide bonds. The van der Waals surface area contributed by atoms with E-state index in [0.29, 0.717) is 6.54 Å². The SMILES string of the molecule is C[C@@H](C(=O)OC(C)(C)C)[C@H]([C@@H](O[Si](C)(C)C(C)(C)C)c1ccccc1)N(Cc1ccccc1)[C@@H](C)c1ccccc1. The Morgan fingerprint density at radius 2 is 1.22 bits per heavy atom. The minimum atomic E-state index is -2.27. The number of rotatable bonds is 11. The number of hydrogen-bond acceptors (Lipinski definition) is 4. The van der Waals surface area contributed by atoms with Gasteiger partial charge < -0.3 is 9.16 Å². The van der Waals surface area contributed by atoms with Crippen molar-refractivity contribution in [1.82, 2.24) is 4.90 Å². The number of hydrogen-bond donors (Lipinski definition) is 0. The van der Waals surface area contributed by atoms with Crippen LogP contribution in [0.5, 0.6) is 0 Å². The highest BCUT2D eigenvalue weighted by atomic mass is 28.4. The zero-order chi connectivity index (χ0) is 30.4. The molecule has 222 valence electrons. The second-order valence-electron chi connectivity index (χ2n) is 13.8. The summed E-state index contributed by atoms with van der Waals surface area (Å²) in [5, 5.41) is -0.00492. The molecule has 0 heterocycles. The monoisotopic (exact) mass is 573 g/mol. The van der Waals surface area contributed by atoms with E-state index in [9.17, 15) is 4.79 Å². The molecule has 41 heavy (non-hydrogen) atoms. The van der Waals surface area contributed by atoms with Gasteiger partial charge in [0.05, 0.1) is 18.1 Å². The fourth-order valence-electron chi connectivity index (χ4n) is 4.95. The number of ether oxygens (including phenoxy) is 1. The number of benzene rings is 3. The lowest BCUT2D eigenvalue weighted by Crippen LogP contribution is -2.52. The minimum Gasteiger partial charge on any atom is -0.460 e. The molecule has 0 aromatic heterocycles. The molecular weight excluding hydrogens is 522 g/mol. The van der Waals surface area contributed by atoms with Gasteiger partial charge in [-0.25, -0.2) is 0 Å². The Balaban J connectivity index is 2.26. The molecule has 5 heteroatoms. The fraction of sp³-hybridized carbons (Fsp3) is 0.472. The third kappa shape index (κ3) is 8.88. The van der Waals surface area contributed by atoms with Crippen molar-refractivity contribution in [3.05, 3.63) is 108 Å². The van der Waals surface area contributed by atoms with E-state index in [-0.39, 0.29) is 29.2 Å². The van der Waals surface area contributed by atoms with E-state index in [2.05, 4.69) is 118 Å². The molecule has 0 saturated heterocycles. The summed E-state index contributed by atoms with van der Waals surface area (Å²) in [6.07, 6.45) is -0.338. The summed E-state index contributed by atoms with van der Waals surface area (Å²) < 4.78 is 13.4. The van der Waals surface area contributed by atoms with Gasteiger partial charge in [-0.05, 0) is 62.5 Å². The summed E-state index contributed by atoms with van der Waals surface area (Å²) in [5.74, 6) is -0.667. The molecule has 0 aliphatic heterocycles. The second-order valence-corrected chi connectivity index (χ2v) is 18.5. The Morgan fingerprint density at radius 1 is 0.756 bits per heavy atom. The smallest absolute Gasteiger partial charge is 0.310 e. The van der Waals surface area contributed by atoms with E-state index in [1.54, 1.807) is 0 Å². The molecule has 0 radical (unpaired) electrons. The van der Waals surface area contributed by atoms with Crippen LogP contribution in [0, 0.1) is 5.92 Å². The van der Waals surface area contributed by atoms with Crippen molar-refractivity contribution in [2.75, 3.05) is 0 Å². The Labute approximate surface area is 250 Å². The molecule has 0 N–H and O–H groups in total. The summed E-state index contributed by atoms with van der Waals surface area (Å²) >= 11 is 0. The summed E-state index contributed by atoms with van der Waals surface area (Å²) in [6, 6.07) is 31.2. The first-order valence-electron chi connectivity index (χ1n) is 14.9. The van der Waals surface area contributed by atoms with Crippen LogP contribution < -0.4 is 0 Å². The maximum Gasteiger partial charge on any atom is 0.310 e. The van der Waals surface area contributed by atoms with Gasteiger partial charge >= 0.3 is 5.97 Å². The average Bonchev–Trinajstić information content (AvgIpc) is 2.91. The maximum absolute atomic E-state index is 13.9. The first kappa shape index (κ1) is 32.8. The molecular formula is C36H51NO3Si. The highest BCUT2D eigenvalue weighted by Crippen LogP contribution is 2.44. The van der Waals surface area contributed by atoms with Crippen LogP contribution in [0.15, 0.2) is 91.0 Å². The summed E-state index contributed by atoms with van der Waals surface area (Å²) in [5.41, 5.74) is 2.88. The van der Waals surface area contributed by atoms with E-state index in [4.69, 9.17) is 9.16 Å². The lowest BCUT2D eigenvalue weighted by atomic mass is 9.88. The van der Waals surface area contributed by atoms with Gasteiger partial charge in [-0.1, -0.05) is 119 Å². The topological polar surface area (TPSA) is 38.8 Å². The summed E-state index contributed by atoms with van der Waals surface area (Å²) in [4.78, 5) is 16.4. The van der Waals surface area contributed by atoms with Crippen molar-refractivity contribution >= 4 is 14.3 Å². The number of nitrogens with zero attached hydrogens (tertiary/aromatic N) is 1. The van der Waals surface area contributed by atoms with Crippen LogP contribution in [-0.4, -0.2) is 30.8 Å². The molecule has 0 saturated carbocycles. The second kappa shape index (κ2) is 13.5. The van der Waals surface area contributed by atoms with Crippen LogP contribution in [0.25, 0.3) is 0 Å². The molecule has 0 aliphatic carbocycles. The van der Waals surface area contributed by atoms with E-state index in [1.165, 1.54) is 11.1 Å². The molecule has 3 rings (SSSR count). The number of carbonyl (C=O) groups excluding carboxylic acids is 1. The van der Waals surface area contributed by atoms with Crippen LogP contribution in [0.1, 0.15) is 84.2 Å². The molecule has 0 unspecified atom stereocenters. The van der Waals surface area contributed by atoms with Crippen LogP contribution in [0.3, 0.4) is 0 Å². The maximum atomic E-state index is 13.9. The van der Waals surface area contributed by atoms with Gasteiger partial charge in [0.2, 0.25) is 0 Å². The van der Waals surface area contributed by atoms with E-state index in [0.717, 1.165) is 5.56 Å². The Bertz CT molecular complexity index is 1220. The van der Waals surface area contributed by atoms with Crippen LogP contribution in [0.4, 0.5) is 0 Å². The molecule has 0 fully saturated rings. The summed E-state index contributed by atoms with van der Waals surface area (Å²) in [7, 11) is -2.27. The van der Waals surface area contributed by atoms with Gasteiger partial charge in [-0.2, -0.15) is 0 Å². The lowest BCUT2D eigenvalue weighted by Gasteiger charge is -2.47. The summed E-state index contributed by atoms with van der Waals surface area (Å²) in [6.45, 7) is 22.1. The van der Waals surface area contributed by atoms with Crippen LogP contribution in [-0.2, 0) is 20.5 Å². The molecule has 3 aromatic carbocycles. The molecule has 0 aliphatic rings.